The van der Waals surface area contributed by atoms with Crippen LogP contribution < -0.4 is 5.32 Å². The van der Waals surface area contributed by atoms with Gasteiger partial charge in [0, 0.05) is 6.54 Å². The van der Waals surface area contributed by atoms with E-state index in [2.05, 4.69) is 44.8 Å². The zero-order valence-electron chi connectivity index (χ0n) is 10.0. The van der Waals surface area contributed by atoms with Crippen molar-refractivity contribution in [1.82, 2.24) is 5.32 Å². The normalized spacial score (nSPS) is 10.8. The van der Waals surface area contributed by atoms with Crippen LogP contribution in [0.3, 0.4) is 0 Å². The average molecular weight is 326 g/mol. The van der Waals surface area contributed by atoms with Gasteiger partial charge < -0.3 is 10.4 Å². The van der Waals surface area contributed by atoms with Gasteiger partial charge in [-0.1, -0.05) is 24.3 Å². The lowest BCUT2D eigenvalue weighted by Gasteiger charge is -2.04. The molecule has 96 valence electrons. The molecule has 1 aromatic carbocycles. The molecular weight excluding hydrogens is 310 g/mol. The maximum absolute atomic E-state index is 8.96. The Morgan fingerprint density at radius 2 is 1.83 bits per heavy atom. The molecule has 0 amide bonds. The van der Waals surface area contributed by atoms with E-state index in [9.17, 15) is 0 Å². The molecule has 0 atom stereocenters. The number of nitrogens with one attached hydrogen (secondary N) is 1. The number of hydrogen-bond acceptors (Lipinski definition) is 3. The van der Waals surface area contributed by atoms with E-state index in [4.69, 9.17) is 5.11 Å². The van der Waals surface area contributed by atoms with Crippen LogP contribution in [0, 0.1) is 0 Å². The maximum Gasteiger partial charge on any atom is 0.0701 e. The van der Waals surface area contributed by atoms with E-state index < -0.39 is 0 Å². The third kappa shape index (κ3) is 4.21. The number of rotatable bonds is 6. The first kappa shape index (κ1) is 13.7. The van der Waals surface area contributed by atoms with E-state index in [-0.39, 0.29) is 6.61 Å². The van der Waals surface area contributed by atoms with Gasteiger partial charge in [-0.3, -0.25) is 0 Å². The van der Waals surface area contributed by atoms with E-state index in [0.29, 0.717) is 0 Å². The number of benzene rings is 1. The highest BCUT2D eigenvalue weighted by molar-refractivity contribution is 9.11. The summed E-state index contributed by atoms with van der Waals surface area (Å²) in [5.41, 5.74) is 3.59. The van der Waals surface area contributed by atoms with Crippen LogP contribution in [-0.4, -0.2) is 11.7 Å². The zero-order valence-corrected chi connectivity index (χ0v) is 12.4. The second-order valence-corrected chi connectivity index (χ2v) is 6.45. The van der Waals surface area contributed by atoms with Gasteiger partial charge in [0.1, 0.15) is 0 Å². The Kier molecular flexibility index (Phi) is 5.38. The lowest BCUT2D eigenvalue weighted by atomic mass is 10.1. The summed E-state index contributed by atoms with van der Waals surface area (Å²) in [6, 6.07) is 10.3. The van der Waals surface area contributed by atoms with Crippen molar-refractivity contribution in [2.75, 3.05) is 6.54 Å². The summed E-state index contributed by atoms with van der Waals surface area (Å²) in [6.07, 6.45) is 1.01. The summed E-state index contributed by atoms with van der Waals surface area (Å²) in [5.74, 6) is 0. The van der Waals surface area contributed by atoms with Crippen molar-refractivity contribution in [3.05, 3.63) is 56.2 Å². The van der Waals surface area contributed by atoms with Gasteiger partial charge in [-0.05, 0) is 57.0 Å². The van der Waals surface area contributed by atoms with Gasteiger partial charge in [-0.15, -0.1) is 11.3 Å². The lowest BCUT2D eigenvalue weighted by molar-refractivity contribution is 0.282. The first-order chi connectivity index (χ1) is 8.78. The Balaban J connectivity index is 1.71. The first-order valence-electron chi connectivity index (χ1n) is 5.90. The molecule has 4 heteroatoms. The third-order valence-electron chi connectivity index (χ3n) is 2.75. The van der Waals surface area contributed by atoms with Crippen molar-refractivity contribution in [2.24, 2.45) is 0 Å². The van der Waals surface area contributed by atoms with Gasteiger partial charge in [0.15, 0.2) is 0 Å². The molecule has 0 unspecified atom stereocenters. The number of halogens is 1. The summed E-state index contributed by atoms with van der Waals surface area (Å²) in [6.45, 7) is 1.99. The van der Waals surface area contributed by atoms with Gasteiger partial charge in [0.25, 0.3) is 0 Å². The Labute approximate surface area is 120 Å². The van der Waals surface area contributed by atoms with Gasteiger partial charge in [-0.25, -0.2) is 0 Å². The SMILES string of the molecule is OCc1ccc(CCNCc2csc(Br)c2)cc1. The number of aliphatic hydroxyl groups excluding tert-OH is 1. The predicted molar refractivity (Wildman–Crippen MR) is 79.8 cm³/mol. The van der Waals surface area contributed by atoms with Crippen LogP contribution in [0.5, 0.6) is 0 Å². The van der Waals surface area contributed by atoms with E-state index >= 15 is 0 Å². The standard InChI is InChI=1S/C14H16BrNOS/c15-14-7-13(10-18-14)8-16-6-5-11-1-3-12(9-17)4-2-11/h1-4,7,10,16-17H,5-6,8-9H2. The van der Waals surface area contributed by atoms with Crippen LogP contribution >= 0.6 is 27.3 Å². The van der Waals surface area contributed by atoms with Crippen LogP contribution in [0.4, 0.5) is 0 Å². The van der Waals surface area contributed by atoms with Crippen molar-refractivity contribution in [3.63, 3.8) is 0 Å². The minimum Gasteiger partial charge on any atom is -0.392 e. The smallest absolute Gasteiger partial charge is 0.0701 e. The number of thiophene rings is 1. The minimum absolute atomic E-state index is 0.117. The van der Waals surface area contributed by atoms with Crippen molar-refractivity contribution in [3.8, 4) is 0 Å². The molecule has 2 rings (SSSR count). The molecule has 0 radical (unpaired) electrons. The summed E-state index contributed by atoms with van der Waals surface area (Å²) in [4.78, 5) is 0. The molecule has 0 fully saturated rings. The Morgan fingerprint density at radius 1 is 1.11 bits per heavy atom. The lowest BCUT2D eigenvalue weighted by Crippen LogP contribution is -2.16. The second kappa shape index (κ2) is 7.04. The average Bonchev–Trinajstić information content (AvgIpc) is 2.81. The van der Waals surface area contributed by atoms with Gasteiger partial charge in [-0.2, -0.15) is 0 Å². The molecule has 1 aromatic heterocycles. The van der Waals surface area contributed by atoms with Gasteiger partial charge >= 0.3 is 0 Å². The number of aliphatic hydroxyl groups is 1. The molecule has 18 heavy (non-hydrogen) atoms. The largest absolute Gasteiger partial charge is 0.392 e. The van der Waals surface area contributed by atoms with Crippen LogP contribution in [0.25, 0.3) is 0 Å². The predicted octanol–water partition coefficient (Wildman–Crippen LogP) is 3.34. The fourth-order valence-electron chi connectivity index (χ4n) is 1.72. The fourth-order valence-corrected chi connectivity index (χ4v) is 2.92. The van der Waals surface area contributed by atoms with Crippen LogP contribution in [0.1, 0.15) is 16.7 Å². The Bertz CT molecular complexity index is 481. The van der Waals surface area contributed by atoms with Crippen LogP contribution in [0.2, 0.25) is 0 Å². The summed E-state index contributed by atoms with van der Waals surface area (Å²) in [5, 5.41) is 14.5. The van der Waals surface area contributed by atoms with E-state index in [1.165, 1.54) is 14.9 Å². The summed E-state index contributed by atoms with van der Waals surface area (Å²) >= 11 is 5.18. The molecule has 0 aliphatic carbocycles. The molecule has 1 heterocycles. The van der Waals surface area contributed by atoms with Crippen molar-refractivity contribution < 1.29 is 5.11 Å². The van der Waals surface area contributed by atoms with E-state index in [1.54, 1.807) is 11.3 Å². The Hall–Kier alpha value is -0.680. The zero-order chi connectivity index (χ0) is 12.8. The maximum atomic E-state index is 8.96. The molecule has 0 aliphatic rings. The third-order valence-corrected chi connectivity index (χ3v) is 4.30. The highest BCUT2D eigenvalue weighted by Gasteiger charge is 1.97. The van der Waals surface area contributed by atoms with Gasteiger partial charge in [0.05, 0.1) is 10.4 Å². The van der Waals surface area contributed by atoms with E-state index in [1.807, 2.05) is 12.1 Å². The van der Waals surface area contributed by atoms with E-state index in [0.717, 1.165) is 25.1 Å². The number of hydrogen-bond donors (Lipinski definition) is 2. The summed E-state index contributed by atoms with van der Waals surface area (Å²) < 4.78 is 1.18. The molecule has 0 spiro atoms. The molecule has 0 bridgehead atoms. The molecule has 2 nitrogen and oxygen atoms in total. The highest BCUT2D eigenvalue weighted by Crippen LogP contribution is 2.20. The quantitative estimate of drug-likeness (QED) is 0.798. The minimum atomic E-state index is 0.117. The first-order valence-corrected chi connectivity index (χ1v) is 7.57. The molecule has 0 aliphatic heterocycles. The molecule has 2 N–H and O–H groups in total. The Morgan fingerprint density at radius 3 is 2.44 bits per heavy atom. The summed E-state index contributed by atoms with van der Waals surface area (Å²) in [7, 11) is 0. The van der Waals surface area contributed by atoms with Crippen molar-refractivity contribution in [2.45, 2.75) is 19.6 Å². The molecule has 0 saturated carbocycles. The molecule has 2 aromatic rings. The van der Waals surface area contributed by atoms with Crippen LogP contribution in [-0.2, 0) is 19.6 Å². The van der Waals surface area contributed by atoms with Crippen LogP contribution in [0.15, 0.2) is 39.5 Å². The monoisotopic (exact) mass is 325 g/mol. The molecule has 0 saturated heterocycles. The fraction of sp³-hybridized carbons (Fsp3) is 0.286. The van der Waals surface area contributed by atoms with Gasteiger partial charge in [0.2, 0.25) is 0 Å². The van der Waals surface area contributed by atoms with Crippen molar-refractivity contribution in [1.29, 1.82) is 0 Å². The highest BCUT2D eigenvalue weighted by atomic mass is 79.9. The second-order valence-electron chi connectivity index (χ2n) is 4.16. The molecular formula is C14H16BrNOS. The van der Waals surface area contributed by atoms with Crippen molar-refractivity contribution >= 4 is 27.3 Å². The topological polar surface area (TPSA) is 32.3 Å².